The minimum absolute atomic E-state index is 0.0638. The van der Waals surface area contributed by atoms with Gasteiger partial charge in [-0.15, -0.1) is 0 Å². The van der Waals surface area contributed by atoms with Gasteiger partial charge in [0.15, 0.2) is 5.78 Å². The number of Topliss-reactive ketones (excluding diaryl/α,β-unsaturated/α-hetero) is 2. The summed E-state index contributed by atoms with van der Waals surface area (Å²) in [5.74, 6) is 0.803. The number of esters is 1. The van der Waals surface area contributed by atoms with Crippen LogP contribution >= 0.6 is 23.2 Å². The number of fused-ring (bicyclic) bond motifs is 5. The number of carbonyl (C=O) groups excluding carboxylic acids is 8. The number of benzene rings is 3. The van der Waals surface area contributed by atoms with Crippen molar-refractivity contribution < 1.29 is 62.0 Å². The lowest BCUT2D eigenvalue weighted by Gasteiger charge is -2.41. The summed E-state index contributed by atoms with van der Waals surface area (Å²) in [7, 11) is 1.38. The number of unbranched alkanes of at least 4 members (excludes halogenated alkanes) is 5. The summed E-state index contributed by atoms with van der Waals surface area (Å²) in [5, 5.41) is 6.62. The van der Waals surface area contributed by atoms with Crippen LogP contribution in [0.15, 0.2) is 60.7 Å². The van der Waals surface area contributed by atoms with Gasteiger partial charge in [-0.05, 0) is 246 Å². The van der Waals surface area contributed by atoms with Gasteiger partial charge in [-0.2, -0.15) is 0 Å². The normalized spacial score (nSPS) is 21.5. The number of carbonyl (C=O) groups is 8. The first-order valence-corrected chi connectivity index (χ1v) is 38.2. The van der Waals surface area contributed by atoms with Crippen LogP contribution in [-0.4, -0.2) is 161 Å². The molecule has 20 nitrogen and oxygen atoms in total. The third-order valence-corrected chi connectivity index (χ3v) is 19.2. The number of nitrogens with two attached hydrogens (primary N) is 1. The number of amides is 5. The number of ketones is 2. The topological polar surface area (TPSA) is 246 Å². The van der Waals surface area contributed by atoms with Gasteiger partial charge < -0.3 is 54.8 Å². The molecular weight excluding hydrogens is 1340 g/mol. The molecule has 22 heteroatoms. The number of hydrogen-bond donors (Lipinski definition) is 3. The number of piperidine rings is 3. The Morgan fingerprint density at radius 1 is 0.539 bits per heavy atom. The van der Waals surface area contributed by atoms with E-state index in [2.05, 4.69) is 39.8 Å². The lowest BCUT2D eigenvalue weighted by atomic mass is 9.81. The fourth-order valence-corrected chi connectivity index (χ4v) is 14.9. The highest BCUT2D eigenvalue weighted by Crippen LogP contribution is 2.47. The number of anilines is 1. The molecule has 102 heavy (non-hydrogen) atoms. The zero-order valence-corrected chi connectivity index (χ0v) is 66.0. The molecule has 6 aliphatic rings. The van der Waals surface area contributed by atoms with E-state index in [0.717, 1.165) is 125 Å². The maximum atomic E-state index is 13.4. The van der Waals surface area contributed by atoms with Crippen LogP contribution < -0.4 is 21.3 Å². The first kappa shape index (κ1) is 86.2. The Labute approximate surface area is 619 Å². The number of aryl methyl sites for hydroxylation is 1. The summed E-state index contributed by atoms with van der Waals surface area (Å²) in [6, 6.07) is 20.7. The van der Waals surface area contributed by atoms with Gasteiger partial charge in [0.2, 0.25) is 5.91 Å². The average Bonchev–Trinajstić information content (AvgIpc) is 1.58. The molecule has 9 rings (SSSR count). The predicted octanol–water partition coefficient (Wildman–Crippen LogP) is 17.5. The maximum Gasteiger partial charge on any atom is 0.410 e. The zero-order chi connectivity index (χ0) is 75.9. The highest BCUT2D eigenvalue weighted by Gasteiger charge is 2.47. The van der Waals surface area contributed by atoms with Gasteiger partial charge in [0.05, 0.1) is 12.7 Å². The van der Waals surface area contributed by atoms with Crippen molar-refractivity contribution in [2.45, 2.75) is 310 Å². The summed E-state index contributed by atoms with van der Waals surface area (Å²) in [6.07, 6.45) is 16.1. The SMILES string of the molecule is CC.CC(C)(C)OC(=O)NCCCCCCC(=O)c1cc(Cl)ccc1C1CC2CCC(C1)N2CCN1C(=O)CCc2ccccc21.CC(C)(C)OC(=O)NCCCCCN.CC1CC(=O)CC(C)N1C(=O)OC(C)(C)C.COC(=O)c1cc(Cl)ccc1C1CC2CCC(C1)N2C(=O)OC(C)(C)C. The van der Waals surface area contributed by atoms with E-state index in [4.69, 9.17) is 52.6 Å². The van der Waals surface area contributed by atoms with Crippen LogP contribution in [0.2, 0.25) is 10.0 Å². The van der Waals surface area contributed by atoms with Crippen LogP contribution in [0.3, 0.4) is 0 Å². The Balaban J connectivity index is 0.000000272. The maximum absolute atomic E-state index is 13.4. The zero-order valence-electron chi connectivity index (χ0n) is 64.5. The Morgan fingerprint density at radius 2 is 0.980 bits per heavy atom. The Hall–Kier alpha value is -6.48. The highest BCUT2D eigenvalue weighted by molar-refractivity contribution is 6.31. The van der Waals surface area contributed by atoms with Crippen molar-refractivity contribution in [3.8, 4) is 0 Å². The first-order chi connectivity index (χ1) is 47.9. The molecule has 3 aromatic rings. The number of halogens is 2. The fraction of sp³-hybridized carbons (Fsp3) is 0.675. The van der Waals surface area contributed by atoms with Gasteiger partial charge in [0.1, 0.15) is 28.2 Å². The molecule has 6 atom stereocenters. The van der Waals surface area contributed by atoms with Crippen molar-refractivity contribution in [2.24, 2.45) is 5.73 Å². The quantitative estimate of drug-likeness (QED) is 0.0437. The van der Waals surface area contributed by atoms with E-state index < -0.39 is 22.4 Å². The number of nitrogens with one attached hydrogen (secondary N) is 2. The van der Waals surface area contributed by atoms with Gasteiger partial charge in [-0.25, -0.2) is 24.0 Å². The molecule has 0 saturated carbocycles. The minimum Gasteiger partial charge on any atom is -0.465 e. The molecule has 0 spiro atoms. The number of likely N-dealkylation sites (tertiary alicyclic amines) is 1. The molecule has 5 fully saturated rings. The number of ether oxygens (including phenoxy) is 5. The van der Waals surface area contributed by atoms with Crippen LogP contribution in [-0.2, 0) is 39.7 Å². The van der Waals surface area contributed by atoms with Crippen molar-refractivity contribution in [3.63, 3.8) is 0 Å². The Bertz CT molecular complexity index is 3200. The summed E-state index contributed by atoms with van der Waals surface area (Å²) in [4.78, 5) is 105. The summed E-state index contributed by atoms with van der Waals surface area (Å²) in [5.41, 5.74) is 9.21. The van der Waals surface area contributed by atoms with Crippen molar-refractivity contribution in [1.82, 2.24) is 25.3 Å². The van der Waals surface area contributed by atoms with E-state index in [1.165, 1.54) is 25.5 Å². The molecule has 6 aliphatic heterocycles. The summed E-state index contributed by atoms with van der Waals surface area (Å²) in [6.45, 7) is 33.6. The molecule has 4 N–H and O–H groups in total. The van der Waals surface area contributed by atoms with E-state index in [1.54, 1.807) is 11.0 Å². The molecule has 5 amide bonds. The van der Waals surface area contributed by atoms with Gasteiger partial charge in [0.25, 0.3) is 0 Å². The molecule has 3 aromatic carbocycles. The van der Waals surface area contributed by atoms with Crippen LogP contribution in [0, 0.1) is 0 Å². The Kier molecular flexibility index (Phi) is 33.9. The minimum atomic E-state index is -0.498. The second-order valence-electron chi connectivity index (χ2n) is 31.7. The van der Waals surface area contributed by atoms with Crippen molar-refractivity contribution in [1.29, 1.82) is 0 Å². The first-order valence-electron chi connectivity index (χ1n) is 37.5. The van der Waals surface area contributed by atoms with E-state index in [9.17, 15) is 38.4 Å². The fourth-order valence-electron chi connectivity index (χ4n) is 14.6. The third kappa shape index (κ3) is 27.9. The van der Waals surface area contributed by atoms with Crippen LogP contribution in [0.4, 0.5) is 24.9 Å². The number of alkyl carbamates (subject to hydrolysis) is 2. The Morgan fingerprint density at radius 3 is 1.47 bits per heavy atom. The number of methoxy groups -OCH3 is 1. The molecule has 5 saturated heterocycles. The molecule has 4 bridgehead atoms. The van der Waals surface area contributed by atoms with E-state index in [1.807, 2.05) is 151 Å². The summed E-state index contributed by atoms with van der Waals surface area (Å²) < 4.78 is 26.2. The smallest absolute Gasteiger partial charge is 0.410 e. The molecular formula is C80H123Cl2N7O13. The van der Waals surface area contributed by atoms with Gasteiger partial charge in [-0.1, -0.05) is 86.6 Å². The van der Waals surface area contributed by atoms with Crippen LogP contribution in [0.1, 0.15) is 282 Å². The monoisotopic (exact) mass is 1460 g/mol. The molecule has 0 aliphatic carbocycles. The van der Waals surface area contributed by atoms with Gasteiger partial charge >= 0.3 is 30.3 Å². The number of nitrogens with zero attached hydrogens (tertiary/aromatic N) is 4. The molecule has 570 valence electrons. The second kappa shape index (κ2) is 40.1. The lowest BCUT2D eigenvalue weighted by molar-refractivity contribution is -0.124. The molecule has 6 heterocycles. The van der Waals surface area contributed by atoms with Crippen molar-refractivity contribution >= 4 is 76.7 Å². The standard InChI is InChI=1S/C36H48ClN3O4.C20H26ClNO4.C12H21NO3.C10H22N2O2.C2H6/c1-36(2,3)44-35(43)38-19-9-5-4-6-12-33(41)31-24-27(37)14-17-30(31)26-22-28-15-16-29(23-26)39(28)20-21-40-32-11-8-7-10-25(32)13-18-34(40)42;1-20(2,3)26-19(24)22-14-6-7-15(22)10-12(9-14)16-8-5-13(21)11-17(16)18(23)25-4;1-8-6-10(14)7-9(2)13(8)11(15)16-12(3,4)5;1-10(2,3)14-9(13)12-8-6-4-5-7-11;1-2/h7-8,10-11,14,17,24,26,28-29H,4-6,9,12-13,15-16,18-23H2,1-3H3,(H,38,43);5,8,11-12,14-15H,6-7,9-10H2,1-4H3;8-9H,6-7H2,1-5H3;4-8,11H2,1-3H3,(H,12,13);1-2H3. The number of para-hydroxylation sites is 1. The summed E-state index contributed by atoms with van der Waals surface area (Å²) >= 11 is 12.5. The third-order valence-electron chi connectivity index (χ3n) is 18.8. The predicted molar refractivity (Wildman–Crippen MR) is 405 cm³/mol. The second-order valence-corrected chi connectivity index (χ2v) is 32.6. The van der Waals surface area contributed by atoms with Crippen molar-refractivity contribution in [3.05, 3.63) is 98.5 Å². The molecule has 6 unspecified atom stereocenters. The van der Waals surface area contributed by atoms with Crippen LogP contribution in [0.5, 0.6) is 0 Å². The lowest BCUT2D eigenvalue weighted by Crippen LogP contribution is -2.51. The molecule has 0 aromatic heterocycles. The molecule has 0 radical (unpaired) electrons. The van der Waals surface area contributed by atoms with Crippen LogP contribution in [0.25, 0.3) is 0 Å². The van der Waals surface area contributed by atoms with E-state index >= 15 is 0 Å². The van der Waals surface area contributed by atoms with E-state index in [0.29, 0.717) is 78.9 Å². The highest BCUT2D eigenvalue weighted by atomic mass is 35.5. The largest absolute Gasteiger partial charge is 0.465 e. The van der Waals surface area contributed by atoms with Crippen molar-refractivity contribution in [2.75, 3.05) is 44.7 Å². The number of rotatable bonds is 19. The average molecular weight is 1460 g/mol. The van der Waals surface area contributed by atoms with Gasteiger partial charge in [0, 0.05) is 109 Å². The van der Waals surface area contributed by atoms with Gasteiger partial charge in [-0.3, -0.25) is 19.3 Å². The number of hydrogen-bond acceptors (Lipinski definition) is 15. The van der Waals surface area contributed by atoms with E-state index in [-0.39, 0.29) is 77.9 Å².